The molecule has 2 rings (SSSR count). The summed E-state index contributed by atoms with van der Waals surface area (Å²) in [7, 11) is -3.66. The van der Waals surface area contributed by atoms with Crippen LogP contribution >= 0.6 is 0 Å². The van der Waals surface area contributed by atoms with E-state index < -0.39 is 10.0 Å². The van der Waals surface area contributed by atoms with E-state index in [4.69, 9.17) is 0 Å². The van der Waals surface area contributed by atoms with E-state index in [9.17, 15) is 13.2 Å². The molecule has 2 aromatic rings. The summed E-state index contributed by atoms with van der Waals surface area (Å²) in [5, 5.41) is 2.70. The molecule has 0 aliphatic heterocycles. The van der Waals surface area contributed by atoms with Gasteiger partial charge in [0.15, 0.2) is 0 Å². The van der Waals surface area contributed by atoms with Gasteiger partial charge in [0.2, 0.25) is 5.91 Å². The molecule has 0 heterocycles. The van der Waals surface area contributed by atoms with Crippen LogP contribution in [0.15, 0.2) is 66.1 Å². The lowest BCUT2D eigenvalue weighted by molar-refractivity contribution is -0.120. The van der Waals surface area contributed by atoms with Crippen molar-refractivity contribution in [2.24, 2.45) is 0 Å². The summed E-state index contributed by atoms with van der Waals surface area (Å²) in [5.74, 6) is -0.109. The second-order valence-electron chi connectivity index (χ2n) is 7.35. The lowest BCUT2D eigenvalue weighted by atomic mass is 9.87. The van der Waals surface area contributed by atoms with Crippen molar-refractivity contribution >= 4 is 21.6 Å². The Labute approximate surface area is 161 Å². The SMILES string of the molecule is C=CCNC(=O)Cc1ccc(NS(=O)(=O)c2ccc(C(C)(C)C)cc2)cc1. The third-order valence-electron chi connectivity index (χ3n) is 4.05. The minimum Gasteiger partial charge on any atom is -0.352 e. The summed E-state index contributed by atoms with van der Waals surface area (Å²) in [6.45, 7) is 10.2. The van der Waals surface area contributed by atoms with Crippen molar-refractivity contribution in [3.05, 3.63) is 72.3 Å². The molecule has 0 saturated carbocycles. The van der Waals surface area contributed by atoms with Gasteiger partial charge in [-0.25, -0.2) is 8.42 Å². The zero-order chi connectivity index (χ0) is 20.1. The fourth-order valence-electron chi connectivity index (χ4n) is 2.47. The number of amides is 1. The van der Waals surface area contributed by atoms with Crippen molar-refractivity contribution in [3.63, 3.8) is 0 Å². The molecule has 5 nitrogen and oxygen atoms in total. The Balaban J connectivity index is 2.07. The largest absolute Gasteiger partial charge is 0.352 e. The second-order valence-corrected chi connectivity index (χ2v) is 9.03. The molecule has 1 amide bonds. The number of hydrogen-bond donors (Lipinski definition) is 2. The zero-order valence-corrected chi connectivity index (χ0v) is 16.8. The number of nitrogens with one attached hydrogen (secondary N) is 2. The van der Waals surface area contributed by atoms with Crippen molar-refractivity contribution in [1.29, 1.82) is 0 Å². The van der Waals surface area contributed by atoms with Crippen LogP contribution in [0.5, 0.6) is 0 Å². The van der Waals surface area contributed by atoms with Gasteiger partial charge in [-0.2, -0.15) is 0 Å². The molecule has 0 aliphatic rings. The molecule has 6 heteroatoms. The predicted octanol–water partition coefficient (Wildman–Crippen LogP) is 3.63. The number of anilines is 1. The molecular formula is C21H26N2O3S. The summed E-state index contributed by atoms with van der Waals surface area (Å²) < 4.78 is 27.7. The third-order valence-corrected chi connectivity index (χ3v) is 5.44. The maximum absolute atomic E-state index is 12.6. The van der Waals surface area contributed by atoms with E-state index in [2.05, 4.69) is 37.4 Å². The molecule has 0 aromatic heterocycles. The first-order valence-electron chi connectivity index (χ1n) is 8.72. The highest BCUT2D eigenvalue weighted by molar-refractivity contribution is 7.92. The van der Waals surface area contributed by atoms with E-state index in [1.54, 1.807) is 42.5 Å². The molecule has 0 aliphatic carbocycles. The molecule has 2 aromatic carbocycles. The maximum Gasteiger partial charge on any atom is 0.261 e. The first-order chi connectivity index (χ1) is 12.6. The standard InChI is InChI=1S/C21H26N2O3S/c1-5-14-22-20(24)15-16-6-10-18(11-7-16)23-27(25,26)19-12-8-17(9-13-19)21(2,3)4/h5-13,23H,1,14-15H2,2-4H3,(H,22,24). The average molecular weight is 387 g/mol. The first kappa shape index (κ1) is 20.7. The van der Waals surface area contributed by atoms with Gasteiger partial charge < -0.3 is 5.32 Å². The van der Waals surface area contributed by atoms with E-state index in [1.165, 1.54) is 0 Å². The third kappa shape index (κ3) is 5.96. The molecule has 0 fully saturated rings. The topological polar surface area (TPSA) is 75.3 Å². The Bertz CT molecular complexity index is 894. The molecule has 27 heavy (non-hydrogen) atoms. The molecular weight excluding hydrogens is 360 g/mol. The Hall–Kier alpha value is -2.60. The summed E-state index contributed by atoms with van der Waals surface area (Å²) in [4.78, 5) is 11.9. The Morgan fingerprint density at radius 2 is 1.63 bits per heavy atom. The van der Waals surface area contributed by atoms with Gasteiger partial charge in [0.05, 0.1) is 11.3 Å². The smallest absolute Gasteiger partial charge is 0.261 e. The molecule has 144 valence electrons. The van der Waals surface area contributed by atoms with Crippen LogP contribution in [0.3, 0.4) is 0 Å². The van der Waals surface area contributed by atoms with Crippen molar-refractivity contribution in [3.8, 4) is 0 Å². The van der Waals surface area contributed by atoms with E-state index in [1.807, 2.05) is 12.1 Å². The predicted molar refractivity (Wildman–Crippen MR) is 109 cm³/mol. The van der Waals surface area contributed by atoms with E-state index in [-0.39, 0.29) is 22.6 Å². The quantitative estimate of drug-likeness (QED) is 0.714. The van der Waals surface area contributed by atoms with E-state index >= 15 is 0 Å². The Morgan fingerprint density at radius 3 is 2.15 bits per heavy atom. The Kier molecular flexibility index (Phi) is 6.44. The normalized spacial score (nSPS) is 11.7. The molecule has 0 atom stereocenters. The minimum absolute atomic E-state index is 0.0382. The number of carbonyl (C=O) groups excluding carboxylic acids is 1. The van der Waals surface area contributed by atoms with Gasteiger partial charge in [-0.3, -0.25) is 9.52 Å². The second kappa shape index (κ2) is 8.39. The molecule has 0 unspecified atom stereocenters. The highest BCUT2D eigenvalue weighted by Gasteiger charge is 2.17. The van der Waals surface area contributed by atoms with E-state index in [0.29, 0.717) is 12.2 Å². The highest BCUT2D eigenvalue weighted by Crippen LogP contribution is 2.24. The van der Waals surface area contributed by atoms with Crippen LogP contribution in [0.4, 0.5) is 5.69 Å². The summed E-state index contributed by atoms with van der Waals surface area (Å²) in [6, 6.07) is 13.7. The number of sulfonamides is 1. The molecule has 0 saturated heterocycles. The fraction of sp³-hybridized carbons (Fsp3) is 0.286. The van der Waals surface area contributed by atoms with Crippen LogP contribution in [0.1, 0.15) is 31.9 Å². The van der Waals surface area contributed by atoms with Crippen LogP contribution < -0.4 is 10.0 Å². The zero-order valence-electron chi connectivity index (χ0n) is 16.0. The van der Waals surface area contributed by atoms with Gasteiger partial charge in [-0.05, 0) is 40.8 Å². The van der Waals surface area contributed by atoms with Gasteiger partial charge in [0, 0.05) is 12.2 Å². The van der Waals surface area contributed by atoms with Crippen LogP contribution in [0.25, 0.3) is 0 Å². The van der Waals surface area contributed by atoms with Gasteiger partial charge in [0.25, 0.3) is 10.0 Å². The van der Waals surface area contributed by atoms with Crippen LogP contribution in [-0.2, 0) is 26.7 Å². The number of rotatable bonds is 7. The number of carbonyl (C=O) groups is 1. The molecule has 2 N–H and O–H groups in total. The van der Waals surface area contributed by atoms with Crippen molar-refractivity contribution in [2.45, 2.75) is 37.5 Å². The number of benzene rings is 2. The van der Waals surface area contributed by atoms with Crippen LogP contribution in [0, 0.1) is 0 Å². The lowest BCUT2D eigenvalue weighted by Gasteiger charge is -2.19. The fourth-order valence-corrected chi connectivity index (χ4v) is 3.53. The van der Waals surface area contributed by atoms with Crippen LogP contribution in [0.2, 0.25) is 0 Å². The van der Waals surface area contributed by atoms with Gasteiger partial charge >= 0.3 is 0 Å². The van der Waals surface area contributed by atoms with Gasteiger partial charge in [-0.1, -0.05) is 51.1 Å². The summed E-state index contributed by atoms with van der Waals surface area (Å²) in [6.07, 6.45) is 1.85. The van der Waals surface area contributed by atoms with Gasteiger partial charge in [0.1, 0.15) is 0 Å². The van der Waals surface area contributed by atoms with Crippen LogP contribution in [-0.4, -0.2) is 20.9 Å². The summed E-state index contributed by atoms with van der Waals surface area (Å²) >= 11 is 0. The van der Waals surface area contributed by atoms with Crippen molar-refractivity contribution in [2.75, 3.05) is 11.3 Å². The monoisotopic (exact) mass is 386 g/mol. The number of hydrogen-bond acceptors (Lipinski definition) is 3. The van der Waals surface area contributed by atoms with Crippen molar-refractivity contribution in [1.82, 2.24) is 5.32 Å². The first-order valence-corrected chi connectivity index (χ1v) is 10.2. The van der Waals surface area contributed by atoms with Gasteiger partial charge in [-0.15, -0.1) is 6.58 Å². The summed E-state index contributed by atoms with van der Waals surface area (Å²) in [5.41, 5.74) is 2.28. The lowest BCUT2D eigenvalue weighted by Crippen LogP contribution is -2.24. The minimum atomic E-state index is -3.66. The van der Waals surface area contributed by atoms with E-state index in [0.717, 1.165) is 11.1 Å². The average Bonchev–Trinajstić information content (AvgIpc) is 2.61. The molecule has 0 radical (unpaired) electrons. The highest BCUT2D eigenvalue weighted by atomic mass is 32.2. The maximum atomic E-state index is 12.6. The van der Waals surface area contributed by atoms with Crippen molar-refractivity contribution < 1.29 is 13.2 Å². The Morgan fingerprint density at radius 1 is 1.04 bits per heavy atom. The molecule has 0 bridgehead atoms. The molecule has 0 spiro atoms.